The van der Waals surface area contributed by atoms with E-state index in [9.17, 15) is 0 Å². The lowest BCUT2D eigenvalue weighted by molar-refractivity contribution is 1.23. The van der Waals surface area contributed by atoms with Gasteiger partial charge in [0.15, 0.2) is 0 Å². The molecule has 0 heterocycles. The number of hydrogen-bond acceptors (Lipinski definition) is 1. The zero-order chi connectivity index (χ0) is 20.2. The number of benzene rings is 1. The van der Waals surface area contributed by atoms with Crippen molar-refractivity contribution >= 4 is 6.08 Å². The van der Waals surface area contributed by atoms with Crippen molar-refractivity contribution in [2.75, 3.05) is 0 Å². The monoisotopic (exact) mass is 333 g/mol. The summed E-state index contributed by atoms with van der Waals surface area (Å²) in [4.78, 5) is 0. The Kier molecular flexibility index (Phi) is 44.1. The van der Waals surface area contributed by atoms with Crippen molar-refractivity contribution in [1.82, 2.24) is 0 Å². The van der Waals surface area contributed by atoms with Crippen molar-refractivity contribution in [2.45, 2.75) is 13.3 Å². The van der Waals surface area contributed by atoms with E-state index in [1.54, 1.807) is 30.4 Å². The minimum atomic E-state index is 1.05. The van der Waals surface area contributed by atoms with Crippen LogP contribution in [0.15, 0.2) is 119 Å². The molecule has 0 aromatic heterocycles. The molecular formula is C24H31N. The van der Waals surface area contributed by atoms with E-state index in [2.05, 4.69) is 58.7 Å². The highest BCUT2D eigenvalue weighted by Crippen LogP contribution is 1.97. The molecule has 132 valence electrons. The molecule has 0 N–H and O–H groups in total. The predicted molar refractivity (Wildman–Crippen MR) is 117 cm³/mol. The van der Waals surface area contributed by atoms with Gasteiger partial charge in [0.1, 0.15) is 0 Å². The molecule has 1 nitrogen and oxygen atoms in total. The van der Waals surface area contributed by atoms with Crippen LogP contribution in [0.3, 0.4) is 0 Å². The molecule has 1 rings (SSSR count). The van der Waals surface area contributed by atoms with Crippen LogP contribution >= 0.6 is 0 Å². The van der Waals surface area contributed by atoms with Crippen molar-refractivity contribution in [3.8, 4) is 6.07 Å². The summed E-state index contributed by atoms with van der Waals surface area (Å²) in [6, 6.07) is 11.7. The van der Waals surface area contributed by atoms with Crippen LogP contribution < -0.4 is 0 Å². The van der Waals surface area contributed by atoms with Crippen LogP contribution in [0.5, 0.6) is 0 Å². The van der Waals surface area contributed by atoms with Crippen LogP contribution in [0.25, 0.3) is 6.08 Å². The van der Waals surface area contributed by atoms with E-state index in [0.717, 1.165) is 6.42 Å². The molecule has 1 aromatic carbocycles. The lowest BCUT2D eigenvalue weighted by Gasteiger charge is -1.85. The van der Waals surface area contributed by atoms with Gasteiger partial charge in [-0.2, -0.15) is 5.26 Å². The number of allylic oxidation sites excluding steroid dienone is 6. The largest absolute Gasteiger partial charge is 0.193 e. The summed E-state index contributed by atoms with van der Waals surface area (Å²) in [6.07, 6.45) is 12.5. The smallest absolute Gasteiger partial charge is 0.0905 e. The third-order valence-electron chi connectivity index (χ3n) is 1.81. The van der Waals surface area contributed by atoms with E-state index in [4.69, 9.17) is 5.26 Å². The molecule has 0 bridgehead atoms. The predicted octanol–water partition coefficient (Wildman–Crippen LogP) is 7.48. The van der Waals surface area contributed by atoms with E-state index >= 15 is 0 Å². The zero-order valence-corrected chi connectivity index (χ0v) is 15.5. The van der Waals surface area contributed by atoms with Crippen LogP contribution in [0.1, 0.15) is 18.9 Å². The minimum Gasteiger partial charge on any atom is -0.193 e. The second kappa shape index (κ2) is 37.2. The highest BCUT2D eigenvalue weighted by Gasteiger charge is 1.75. The first kappa shape index (κ1) is 29.7. The van der Waals surface area contributed by atoms with Crippen LogP contribution in [0, 0.1) is 11.3 Å². The van der Waals surface area contributed by atoms with E-state index in [-0.39, 0.29) is 0 Å². The van der Waals surface area contributed by atoms with Gasteiger partial charge in [-0.1, -0.05) is 114 Å². The van der Waals surface area contributed by atoms with Crippen LogP contribution in [0.2, 0.25) is 0 Å². The fraction of sp³-hybridized carbons (Fsp3) is 0.0833. The lowest BCUT2D eigenvalue weighted by Crippen LogP contribution is -1.63. The van der Waals surface area contributed by atoms with Gasteiger partial charge in [0.05, 0.1) is 6.07 Å². The maximum Gasteiger partial charge on any atom is 0.0905 e. The third-order valence-corrected chi connectivity index (χ3v) is 1.81. The standard InChI is InChI=1S/C8H8.C5H8.2C4H6.C3H3N/c1-2-8-6-4-3-5-7-8;1-3-5-4-2;2*1-3-4-2;1-2-3-4/h2-7H,1H2;5H,1,4H2,2H3;2*3-4H,1-2H2;2H,1H2. The van der Waals surface area contributed by atoms with Gasteiger partial charge in [-0.3, -0.25) is 0 Å². The first-order chi connectivity index (χ1) is 12.1. The average molecular weight is 334 g/mol. The molecule has 0 amide bonds. The molecule has 1 aromatic rings. The van der Waals surface area contributed by atoms with Gasteiger partial charge in [-0.05, 0) is 18.1 Å². The van der Waals surface area contributed by atoms with Gasteiger partial charge >= 0.3 is 0 Å². The molecule has 0 saturated heterocycles. The molecule has 0 atom stereocenters. The van der Waals surface area contributed by atoms with Gasteiger partial charge in [0.25, 0.3) is 0 Å². The van der Waals surface area contributed by atoms with Gasteiger partial charge in [0, 0.05) is 6.08 Å². The SMILES string of the molecule is C=C=CCC.C=CC#N.C=CC=C.C=CC=C.C=Cc1ccccc1. The van der Waals surface area contributed by atoms with Crippen LogP contribution in [0.4, 0.5) is 0 Å². The summed E-state index contributed by atoms with van der Waals surface area (Å²) in [5.41, 5.74) is 3.82. The third kappa shape index (κ3) is 52.9. The highest BCUT2D eigenvalue weighted by molar-refractivity contribution is 5.45. The van der Waals surface area contributed by atoms with Crippen molar-refractivity contribution < 1.29 is 0 Å². The topological polar surface area (TPSA) is 23.8 Å². The Morgan fingerprint density at radius 3 is 1.40 bits per heavy atom. The molecule has 0 aliphatic rings. The lowest BCUT2D eigenvalue weighted by atomic mass is 10.2. The molecule has 0 spiro atoms. The molecule has 0 fully saturated rings. The molecule has 0 unspecified atom stereocenters. The van der Waals surface area contributed by atoms with E-state index in [0.29, 0.717) is 0 Å². The normalized spacial score (nSPS) is 6.08. The molecule has 0 saturated carbocycles. The Morgan fingerprint density at radius 2 is 1.28 bits per heavy atom. The molecule has 1 heteroatoms. The first-order valence-electron chi connectivity index (χ1n) is 7.59. The van der Waals surface area contributed by atoms with Crippen LogP contribution in [-0.4, -0.2) is 0 Å². The minimum absolute atomic E-state index is 1.05. The Labute approximate surface area is 155 Å². The van der Waals surface area contributed by atoms with E-state index in [1.807, 2.05) is 42.5 Å². The maximum atomic E-state index is 7.51. The molecular weight excluding hydrogens is 302 g/mol. The number of hydrogen-bond donors (Lipinski definition) is 0. The van der Waals surface area contributed by atoms with Crippen molar-refractivity contribution in [3.05, 3.63) is 124 Å². The summed E-state index contributed by atoms with van der Waals surface area (Å²) < 4.78 is 0. The first-order valence-corrected chi connectivity index (χ1v) is 7.59. The highest BCUT2D eigenvalue weighted by atomic mass is 14.2. The second-order valence-electron chi connectivity index (χ2n) is 3.71. The molecule has 25 heavy (non-hydrogen) atoms. The summed E-state index contributed by atoms with van der Waals surface area (Å²) in [5.74, 6) is 0. The van der Waals surface area contributed by atoms with E-state index < -0.39 is 0 Å². The fourth-order valence-corrected chi connectivity index (χ4v) is 0.733. The zero-order valence-electron chi connectivity index (χ0n) is 15.5. The van der Waals surface area contributed by atoms with Crippen LogP contribution in [-0.2, 0) is 0 Å². The Morgan fingerprint density at radius 1 is 0.880 bits per heavy atom. The summed E-state index contributed by atoms with van der Waals surface area (Å²) in [5, 5.41) is 7.51. The molecule has 0 radical (unpaired) electrons. The quantitative estimate of drug-likeness (QED) is 0.318. The Balaban J connectivity index is -0.000000115. The van der Waals surface area contributed by atoms with Gasteiger partial charge < -0.3 is 0 Å². The van der Waals surface area contributed by atoms with Gasteiger partial charge in [-0.25, -0.2) is 0 Å². The van der Waals surface area contributed by atoms with Crippen molar-refractivity contribution in [2.24, 2.45) is 0 Å². The average Bonchev–Trinajstić information content (AvgIpc) is 2.70. The van der Waals surface area contributed by atoms with Gasteiger partial charge in [0.2, 0.25) is 0 Å². The number of nitriles is 1. The van der Waals surface area contributed by atoms with Crippen molar-refractivity contribution in [1.29, 1.82) is 5.26 Å². The number of rotatable bonds is 4. The summed E-state index contributed by atoms with van der Waals surface area (Å²) in [6.45, 7) is 25.6. The van der Waals surface area contributed by atoms with E-state index in [1.165, 1.54) is 11.6 Å². The number of nitrogens with zero attached hydrogens (tertiary/aromatic N) is 1. The second-order valence-corrected chi connectivity index (χ2v) is 3.71. The fourth-order valence-electron chi connectivity index (χ4n) is 0.733. The van der Waals surface area contributed by atoms with Gasteiger partial charge in [-0.15, -0.1) is 5.73 Å². The maximum absolute atomic E-state index is 7.51. The molecule has 0 aliphatic carbocycles. The Hall–Kier alpha value is -3.33. The Bertz CT molecular complexity index is 511. The summed E-state index contributed by atoms with van der Waals surface area (Å²) >= 11 is 0. The summed E-state index contributed by atoms with van der Waals surface area (Å²) in [7, 11) is 0. The molecule has 0 aliphatic heterocycles. The van der Waals surface area contributed by atoms with Crippen molar-refractivity contribution in [3.63, 3.8) is 0 Å².